The van der Waals surface area contributed by atoms with E-state index in [1.54, 1.807) is 0 Å². The molecule has 0 radical (unpaired) electrons. The van der Waals surface area contributed by atoms with Crippen molar-refractivity contribution >= 4 is 0 Å². The molecule has 2 aliphatic carbocycles. The van der Waals surface area contributed by atoms with E-state index in [-0.39, 0.29) is 0 Å². The van der Waals surface area contributed by atoms with E-state index >= 15 is 0 Å². The van der Waals surface area contributed by atoms with Crippen LogP contribution < -0.4 is 11.1 Å². The van der Waals surface area contributed by atoms with Gasteiger partial charge in [0.15, 0.2) is 0 Å². The van der Waals surface area contributed by atoms with Crippen LogP contribution in [-0.4, -0.2) is 19.1 Å². The monoisotopic (exact) mass is 238 g/mol. The predicted octanol–water partition coefficient (Wildman–Crippen LogP) is 3.06. The minimum Gasteiger partial charge on any atom is -0.327 e. The van der Waals surface area contributed by atoms with Gasteiger partial charge in [0.25, 0.3) is 0 Å². The molecule has 0 aromatic heterocycles. The Morgan fingerprint density at radius 2 is 1.71 bits per heavy atom. The Morgan fingerprint density at radius 1 is 1.00 bits per heavy atom. The summed E-state index contributed by atoms with van der Waals surface area (Å²) in [6.45, 7) is 7.12. The third-order valence-corrected chi connectivity index (χ3v) is 5.30. The molecule has 2 saturated carbocycles. The van der Waals surface area contributed by atoms with Gasteiger partial charge in [0, 0.05) is 19.1 Å². The Kier molecular flexibility index (Phi) is 4.14. The summed E-state index contributed by atoms with van der Waals surface area (Å²) in [7, 11) is 0. The first-order valence-corrected chi connectivity index (χ1v) is 7.51. The Labute approximate surface area is 107 Å². The van der Waals surface area contributed by atoms with Gasteiger partial charge in [0.2, 0.25) is 0 Å². The second-order valence-corrected chi connectivity index (χ2v) is 7.13. The van der Waals surface area contributed by atoms with Gasteiger partial charge in [-0.3, -0.25) is 0 Å². The molecule has 0 saturated heterocycles. The normalized spacial score (nSPS) is 37.2. The molecule has 100 valence electrons. The van der Waals surface area contributed by atoms with Gasteiger partial charge in [-0.15, -0.1) is 0 Å². The van der Waals surface area contributed by atoms with Crippen LogP contribution in [0.15, 0.2) is 0 Å². The Bertz CT molecular complexity index is 245. The summed E-state index contributed by atoms with van der Waals surface area (Å²) in [6.07, 6.45) is 10.9. The second kappa shape index (κ2) is 5.27. The zero-order valence-corrected chi connectivity index (χ0v) is 11.7. The number of nitrogens with two attached hydrogens (primary N) is 1. The largest absolute Gasteiger partial charge is 0.327 e. The molecule has 2 fully saturated rings. The van der Waals surface area contributed by atoms with Gasteiger partial charge in [-0.05, 0) is 36.5 Å². The van der Waals surface area contributed by atoms with E-state index in [0.29, 0.717) is 16.9 Å². The zero-order valence-electron chi connectivity index (χ0n) is 11.7. The molecule has 2 atom stereocenters. The lowest BCUT2D eigenvalue weighted by molar-refractivity contribution is 0.189. The molecule has 0 heterocycles. The second-order valence-electron chi connectivity index (χ2n) is 7.13. The molecule has 3 N–H and O–H groups in total. The Morgan fingerprint density at radius 3 is 2.29 bits per heavy atom. The molecule has 2 unspecified atom stereocenters. The third kappa shape index (κ3) is 3.23. The van der Waals surface area contributed by atoms with E-state index in [1.165, 1.54) is 57.9 Å². The van der Waals surface area contributed by atoms with E-state index < -0.39 is 0 Å². The quantitative estimate of drug-likeness (QED) is 0.790. The van der Waals surface area contributed by atoms with Gasteiger partial charge in [0.05, 0.1) is 0 Å². The smallest absolute Gasteiger partial charge is 0.0105 e. The van der Waals surface area contributed by atoms with Gasteiger partial charge < -0.3 is 11.1 Å². The summed E-state index contributed by atoms with van der Waals surface area (Å²) >= 11 is 0. The fourth-order valence-corrected chi connectivity index (χ4v) is 3.71. The number of rotatable bonds is 4. The maximum absolute atomic E-state index is 6.23. The highest BCUT2D eigenvalue weighted by molar-refractivity contribution is 4.93. The summed E-state index contributed by atoms with van der Waals surface area (Å²) in [4.78, 5) is 0. The number of nitrogens with one attached hydrogen (secondary N) is 1. The zero-order chi connectivity index (χ0) is 12.4. The van der Waals surface area contributed by atoms with E-state index in [1.807, 2.05) is 0 Å². The van der Waals surface area contributed by atoms with Crippen molar-refractivity contribution < 1.29 is 0 Å². The fraction of sp³-hybridized carbons (Fsp3) is 1.00. The number of hydrogen-bond acceptors (Lipinski definition) is 2. The molecule has 2 aliphatic rings. The van der Waals surface area contributed by atoms with Crippen molar-refractivity contribution in [2.75, 3.05) is 13.1 Å². The molecule has 0 amide bonds. The van der Waals surface area contributed by atoms with E-state index in [2.05, 4.69) is 19.2 Å². The van der Waals surface area contributed by atoms with Crippen LogP contribution >= 0.6 is 0 Å². The molecule has 0 aromatic carbocycles. The summed E-state index contributed by atoms with van der Waals surface area (Å²) in [5.74, 6) is 0. The molecular formula is C15H30N2. The highest BCUT2D eigenvalue weighted by Crippen LogP contribution is 2.37. The van der Waals surface area contributed by atoms with Crippen molar-refractivity contribution in [2.45, 2.75) is 71.3 Å². The van der Waals surface area contributed by atoms with Crippen molar-refractivity contribution in [3.8, 4) is 0 Å². The average Bonchev–Trinajstić information content (AvgIpc) is 2.60. The molecular weight excluding hydrogens is 208 g/mol. The summed E-state index contributed by atoms with van der Waals surface area (Å²) < 4.78 is 0. The fourth-order valence-electron chi connectivity index (χ4n) is 3.71. The van der Waals surface area contributed by atoms with Crippen LogP contribution in [0.5, 0.6) is 0 Å². The molecule has 0 aliphatic heterocycles. The SMILES string of the molecule is CC1(CNCC2(C)CCCC2N)CCCCC1. The maximum atomic E-state index is 6.23. The topological polar surface area (TPSA) is 38.0 Å². The first-order chi connectivity index (χ1) is 8.04. The molecule has 0 spiro atoms. The highest BCUT2D eigenvalue weighted by atomic mass is 14.9. The lowest BCUT2D eigenvalue weighted by atomic mass is 9.75. The number of hydrogen-bond donors (Lipinski definition) is 2. The molecule has 2 nitrogen and oxygen atoms in total. The van der Waals surface area contributed by atoms with Crippen LogP contribution in [0.3, 0.4) is 0 Å². The van der Waals surface area contributed by atoms with Crippen molar-refractivity contribution in [3.63, 3.8) is 0 Å². The lowest BCUT2D eigenvalue weighted by Gasteiger charge is -2.36. The summed E-state index contributed by atoms with van der Waals surface area (Å²) in [5.41, 5.74) is 7.13. The van der Waals surface area contributed by atoms with E-state index in [4.69, 9.17) is 5.73 Å². The highest BCUT2D eigenvalue weighted by Gasteiger charge is 2.36. The van der Waals surface area contributed by atoms with Crippen LogP contribution in [0, 0.1) is 10.8 Å². The molecule has 2 heteroatoms. The Hall–Kier alpha value is -0.0800. The van der Waals surface area contributed by atoms with Crippen molar-refractivity contribution in [1.82, 2.24) is 5.32 Å². The predicted molar refractivity (Wildman–Crippen MR) is 74.0 cm³/mol. The van der Waals surface area contributed by atoms with Crippen LogP contribution in [0.25, 0.3) is 0 Å². The Balaban J connectivity index is 1.75. The van der Waals surface area contributed by atoms with Crippen molar-refractivity contribution in [2.24, 2.45) is 16.6 Å². The minimum absolute atomic E-state index is 0.352. The molecule has 0 aromatic rings. The maximum Gasteiger partial charge on any atom is 0.0105 e. The minimum atomic E-state index is 0.352. The first kappa shape index (κ1) is 13.4. The van der Waals surface area contributed by atoms with E-state index in [9.17, 15) is 0 Å². The van der Waals surface area contributed by atoms with Crippen molar-refractivity contribution in [1.29, 1.82) is 0 Å². The van der Waals surface area contributed by atoms with Gasteiger partial charge in [-0.25, -0.2) is 0 Å². The van der Waals surface area contributed by atoms with Crippen LogP contribution in [-0.2, 0) is 0 Å². The average molecular weight is 238 g/mol. The van der Waals surface area contributed by atoms with Crippen LogP contribution in [0.4, 0.5) is 0 Å². The van der Waals surface area contributed by atoms with Gasteiger partial charge in [-0.2, -0.15) is 0 Å². The standard InChI is InChI=1S/C15H30N2/c1-14(8-4-3-5-9-14)11-17-12-15(2)10-6-7-13(15)16/h13,17H,3-12,16H2,1-2H3. The van der Waals surface area contributed by atoms with Crippen molar-refractivity contribution in [3.05, 3.63) is 0 Å². The van der Waals surface area contributed by atoms with Gasteiger partial charge >= 0.3 is 0 Å². The van der Waals surface area contributed by atoms with Gasteiger partial charge in [-0.1, -0.05) is 39.5 Å². The van der Waals surface area contributed by atoms with Crippen LogP contribution in [0.2, 0.25) is 0 Å². The molecule has 0 bridgehead atoms. The summed E-state index contributed by atoms with van der Waals surface area (Å²) in [5, 5.41) is 3.73. The first-order valence-electron chi connectivity index (χ1n) is 7.51. The van der Waals surface area contributed by atoms with Crippen LogP contribution in [0.1, 0.15) is 65.2 Å². The molecule has 17 heavy (non-hydrogen) atoms. The van der Waals surface area contributed by atoms with Gasteiger partial charge in [0.1, 0.15) is 0 Å². The lowest BCUT2D eigenvalue weighted by Crippen LogP contribution is -2.45. The molecule has 2 rings (SSSR count). The van der Waals surface area contributed by atoms with E-state index in [0.717, 1.165) is 6.54 Å². The summed E-state index contributed by atoms with van der Waals surface area (Å²) in [6, 6.07) is 0.411. The third-order valence-electron chi connectivity index (χ3n) is 5.30.